The Kier molecular flexibility index (Phi) is 5.94. The molecule has 134 valence electrons. The molecule has 0 saturated heterocycles. The van der Waals surface area contributed by atoms with E-state index in [-0.39, 0.29) is 17.2 Å². The standard InChI is InChI=1S/C17H16BrF2NO4/c1-17(2,3)25-16(22)24-14-7-10(18)8-21-15(14)23-9-11-12(19)5-4-6-13(11)20/h4-8H,9H2,1-3H3. The Morgan fingerprint density at radius 3 is 2.48 bits per heavy atom. The van der Waals surface area contributed by atoms with Crippen molar-refractivity contribution in [2.24, 2.45) is 0 Å². The van der Waals surface area contributed by atoms with E-state index in [4.69, 9.17) is 14.2 Å². The van der Waals surface area contributed by atoms with Gasteiger partial charge in [0.1, 0.15) is 23.8 Å². The minimum Gasteiger partial charge on any atom is -0.470 e. The van der Waals surface area contributed by atoms with Gasteiger partial charge < -0.3 is 14.2 Å². The second kappa shape index (κ2) is 7.77. The highest BCUT2D eigenvalue weighted by Gasteiger charge is 2.21. The fraction of sp³-hybridized carbons (Fsp3) is 0.294. The number of aromatic nitrogens is 1. The third-order valence-corrected chi connectivity index (χ3v) is 3.22. The van der Waals surface area contributed by atoms with Gasteiger partial charge in [0, 0.05) is 16.7 Å². The van der Waals surface area contributed by atoms with E-state index in [0.717, 1.165) is 12.1 Å². The van der Waals surface area contributed by atoms with Gasteiger partial charge in [-0.15, -0.1) is 0 Å². The van der Waals surface area contributed by atoms with Crippen LogP contribution in [-0.2, 0) is 11.3 Å². The summed E-state index contributed by atoms with van der Waals surface area (Å²) >= 11 is 3.20. The zero-order valence-corrected chi connectivity index (χ0v) is 15.4. The number of carbonyl (C=O) groups excluding carboxylic acids is 1. The van der Waals surface area contributed by atoms with Gasteiger partial charge in [-0.3, -0.25) is 0 Å². The number of carbonyl (C=O) groups is 1. The normalized spacial score (nSPS) is 11.1. The van der Waals surface area contributed by atoms with Crippen LogP contribution in [0, 0.1) is 11.6 Å². The molecule has 0 spiro atoms. The number of pyridine rings is 1. The SMILES string of the molecule is CC(C)(C)OC(=O)Oc1cc(Br)cnc1OCc1c(F)cccc1F. The minimum atomic E-state index is -0.950. The van der Waals surface area contributed by atoms with Gasteiger partial charge in [-0.1, -0.05) is 6.07 Å². The molecule has 5 nitrogen and oxygen atoms in total. The fourth-order valence-electron chi connectivity index (χ4n) is 1.76. The highest BCUT2D eigenvalue weighted by atomic mass is 79.9. The smallest absolute Gasteiger partial charge is 0.470 e. The lowest BCUT2D eigenvalue weighted by molar-refractivity contribution is 0.0197. The van der Waals surface area contributed by atoms with Crippen LogP contribution in [0.3, 0.4) is 0 Å². The first kappa shape index (κ1) is 19.1. The molecule has 0 amide bonds. The number of hydrogen-bond donors (Lipinski definition) is 0. The summed E-state index contributed by atoms with van der Waals surface area (Å²) in [6.45, 7) is 4.64. The van der Waals surface area contributed by atoms with E-state index in [1.165, 1.54) is 18.3 Å². The fourth-order valence-corrected chi connectivity index (χ4v) is 2.07. The number of rotatable bonds is 4. The molecule has 0 atom stereocenters. The van der Waals surface area contributed by atoms with Crippen LogP contribution in [0.5, 0.6) is 11.6 Å². The van der Waals surface area contributed by atoms with Gasteiger partial charge >= 0.3 is 6.16 Å². The summed E-state index contributed by atoms with van der Waals surface area (Å²) in [5.41, 5.74) is -0.996. The van der Waals surface area contributed by atoms with E-state index in [2.05, 4.69) is 20.9 Å². The molecule has 0 saturated carbocycles. The predicted octanol–water partition coefficient (Wildman–Crippen LogP) is 5.02. The van der Waals surface area contributed by atoms with Crippen molar-refractivity contribution in [1.82, 2.24) is 4.98 Å². The van der Waals surface area contributed by atoms with Gasteiger partial charge in [0.25, 0.3) is 5.88 Å². The Balaban J connectivity index is 2.17. The number of halogens is 3. The minimum absolute atomic E-state index is 0.0413. The van der Waals surface area contributed by atoms with Crippen LogP contribution < -0.4 is 9.47 Å². The van der Waals surface area contributed by atoms with E-state index in [0.29, 0.717) is 4.47 Å². The van der Waals surface area contributed by atoms with Crippen molar-refractivity contribution in [3.8, 4) is 11.6 Å². The van der Waals surface area contributed by atoms with Crippen molar-refractivity contribution < 1.29 is 27.8 Å². The molecule has 0 aliphatic carbocycles. The molecule has 0 bridgehead atoms. The van der Waals surface area contributed by atoms with E-state index in [1.54, 1.807) is 20.8 Å². The Morgan fingerprint density at radius 1 is 1.24 bits per heavy atom. The molecule has 25 heavy (non-hydrogen) atoms. The molecule has 1 aromatic carbocycles. The lowest BCUT2D eigenvalue weighted by Gasteiger charge is -2.19. The quantitative estimate of drug-likeness (QED) is 0.656. The van der Waals surface area contributed by atoms with Crippen LogP contribution >= 0.6 is 15.9 Å². The molecule has 0 aliphatic rings. The highest BCUT2D eigenvalue weighted by Crippen LogP contribution is 2.29. The largest absolute Gasteiger partial charge is 0.514 e. The Morgan fingerprint density at radius 2 is 1.88 bits per heavy atom. The second-order valence-electron chi connectivity index (χ2n) is 6.01. The first-order valence-electron chi connectivity index (χ1n) is 7.28. The Hall–Kier alpha value is -2.22. The average Bonchev–Trinajstić information content (AvgIpc) is 2.46. The summed E-state index contributed by atoms with van der Waals surface area (Å²) in [6, 6.07) is 4.93. The van der Waals surface area contributed by atoms with Gasteiger partial charge in [0.05, 0.1) is 5.56 Å². The molecule has 2 rings (SSSR count). The molecule has 1 heterocycles. The molecule has 0 fully saturated rings. The molecule has 0 aliphatic heterocycles. The summed E-state index contributed by atoms with van der Waals surface area (Å²) in [6.07, 6.45) is 0.448. The van der Waals surface area contributed by atoms with Crippen molar-refractivity contribution >= 4 is 22.1 Å². The zero-order valence-electron chi connectivity index (χ0n) is 13.8. The topological polar surface area (TPSA) is 57.7 Å². The zero-order chi connectivity index (χ0) is 18.6. The third kappa shape index (κ3) is 5.67. The summed E-state index contributed by atoms with van der Waals surface area (Å²) in [5, 5.41) is 0. The van der Waals surface area contributed by atoms with Crippen molar-refractivity contribution in [3.63, 3.8) is 0 Å². The van der Waals surface area contributed by atoms with E-state index < -0.39 is 30.0 Å². The molecule has 0 radical (unpaired) electrons. The van der Waals surface area contributed by atoms with E-state index >= 15 is 0 Å². The summed E-state index contributed by atoms with van der Waals surface area (Å²) in [5.74, 6) is -1.63. The van der Waals surface area contributed by atoms with Crippen molar-refractivity contribution in [2.75, 3.05) is 0 Å². The van der Waals surface area contributed by atoms with Gasteiger partial charge in [0.2, 0.25) is 0 Å². The Bertz CT molecular complexity index is 757. The van der Waals surface area contributed by atoms with Crippen LogP contribution in [-0.4, -0.2) is 16.7 Å². The maximum atomic E-state index is 13.7. The molecule has 2 aromatic rings. The van der Waals surface area contributed by atoms with Crippen molar-refractivity contribution in [3.05, 3.63) is 52.1 Å². The van der Waals surface area contributed by atoms with Crippen molar-refractivity contribution in [2.45, 2.75) is 33.0 Å². The summed E-state index contributed by atoms with van der Waals surface area (Å²) in [4.78, 5) is 15.8. The van der Waals surface area contributed by atoms with E-state index in [9.17, 15) is 13.6 Å². The Labute approximate surface area is 152 Å². The molecule has 0 N–H and O–H groups in total. The van der Waals surface area contributed by atoms with E-state index in [1.807, 2.05) is 0 Å². The van der Waals surface area contributed by atoms with Crippen LogP contribution in [0.1, 0.15) is 26.3 Å². The van der Waals surface area contributed by atoms with Crippen molar-refractivity contribution in [1.29, 1.82) is 0 Å². The molecule has 1 aromatic heterocycles. The summed E-state index contributed by atoms with van der Waals surface area (Å²) in [7, 11) is 0. The third-order valence-electron chi connectivity index (χ3n) is 2.78. The van der Waals surface area contributed by atoms with Gasteiger partial charge in [0.15, 0.2) is 5.75 Å². The molecule has 0 unspecified atom stereocenters. The predicted molar refractivity (Wildman–Crippen MR) is 89.5 cm³/mol. The maximum Gasteiger partial charge on any atom is 0.514 e. The van der Waals surface area contributed by atoms with Crippen LogP contribution in [0.4, 0.5) is 13.6 Å². The lowest BCUT2D eigenvalue weighted by atomic mass is 10.2. The maximum absolute atomic E-state index is 13.7. The number of ether oxygens (including phenoxy) is 3. The first-order valence-corrected chi connectivity index (χ1v) is 8.07. The van der Waals surface area contributed by atoms with Crippen LogP contribution in [0.25, 0.3) is 0 Å². The molecular weight excluding hydrogens is 400 g/mol. The van der Waals surface area contributed by atoms with Gasteiger partial charge in [-0.25, -0.2) is 18.6 Å². The molecular formula is C17H16BrF2NO4. The van der Waals surface area contributed by atoms with Crippen LogP contribution in [0.15, 0.2) is 34.9 Å². The lowest BCUT2D eigenvalue weighted by Crippen LogP contribution is -2.26. The number of benzene rings is 1. The number of hydrogen-bond acceptors (Lipinski definition) is 5. The highest BCUT2D eigenvalue weighted by molar-refractivity contribution is 9.10. The average molecular weight is 416 g/mol. The number of nitrogens with zero attached hydrogens (tertiary/aromatic N) is 1. The monoisotopic (exact) mass is 415 g/mol. The van der Waals surface area contributed by atoms with Gasteiger partial charge in [-0.2, -0.15) is 0 Å². The molecule has 8 heteroatoms. The summed E-state index contributed by atoms with van der Waals surface area (Å²) < 4.78 is 43.3. The second-order valence-corrected chi connectivity index (χ2v) is 6.93. The first-order chi connectivity index (χ1) is 11.7. The van der Waals surface area contributed by atoms with Crippen LogP contribution in [0.2, 0.25) is 0 Å². The van der Waals surface area contributed by atoms with Gasteiger partial charge in [-0.05, 0) is 48.8 Å².